The molecule has 6 heavy (non-hydrogen) atoms. The summed E-state index contributed by atoms with van der Waals surface area (Å²) in [6.45, 7) is 0. The fourth-order valence-electron chi connectivity index (χ4n) is 0.141. The zero-order valence-corrected chi connectivity index (χ0v) is 2.71. The summed E-state index contributed by atoms with van der Waals surface area (Å²) in [7, 11) is 0. The molecule has 0 spiro atoms. The van der Waals surface area contributed by atoms with E-state index in [1.54, 1.807) is 0 Å². The van der Waals surface area contributed by atoms with Crippen molar-refractivity contribution in [3.63, 3.8) is 0 Å². The van der Waals surface area contributed by atoms with Crippen LogP contribution in [0.15, 0.2) is 5.16 Å². The quantitative estimate of drug-likeness (QED) is 0.373. The maximum Gasteiger partial charge on any atom is 0.462 e. The number of amides is 1. The molecule has 0 aliphatic carbocycles. The predicted octanol–water partition coefficient (Wildman–Crippen LogP) is -0.439. The van der Waals surface area contributed by atoms with E-state index in [0.29, 0.717) is 0 Å². The zero-order valence-electron chi connectivity index (χ0n) is 2.71. The molecule has 0 N–H and O–H groups in total. The van der Waals surface area contributed by atoms with Crippen LogP contribution in [0.2, 0.25) is 0 Å². The fourth-order valence-corrected chi connectivity index (χ4v) is 0.141. The van der Waals surface area contributed by atoms with Crippen LogP contribution in [-0.4, -0.2) is 12.4 Å². The van der Waals surface area contributed by atoms with Crippen LogP contribution in [0.3, 0.4) is 0 Å². The van der Waals surface area contributed by atoms with E-state index in [0.717, 1.165) is 0 Å². The summed E-state index contributed by atoms with van der Waals surface area (Å²) in [6, 6.07) is 0. The number of hydrogen-bond donors (Lipinski definition) is 0. The monoisotopic (exact) mass is 84.0 g/mol. The van der Waals surface area contributed by atoms with E-state index >= 15 is 0 Å². The molecule has 2 radical (unpaired) electrons. The first-order chi connectivity index (χ1) is 2.89. The third-order valence-electron chi connectivity index (χ3n) is 0.306. The first-order valence-corrected chi connectivity index (χ1v) is 1.26. The van der Waals surface area contributed by atoms with Gasteiger partial charge in [-0.15, -0.1) is 5.32 Å². The van der Waals surface area contributed by atoms with E-state index in [1.807, 2.05) is 6.34 Å². The lowest BCUT2D eigenvalue weighted by atomic mass is 11.1. The Labute approximate surface area is 33.8 Å². The molecule has 0 aromatic rings. The van der Waals surface area contributed by atoms with Crippen LogP contribution in [-0.2, 0) is 4.84 Å². The lowest BCUT2D eigenvalue weighted by Crippen LogP contribution is -2.02. The Bertz CT molecular complexity index is 87.7. The van der Waals surface area contributed by atoms with Crippen molar-refractivity contribution in [3.05, 3.63) is 0 Å². The minimum atomic E-state index is -0.699. The van der Waals surface area contributed by atoms with Crippen LogP contribution in [0.25, 0.3) is 0 Å². The van der Waals surface area contributed by atoms with Gasteiger partial charge in [-0.3, -0.25) is 4.84 Å². The SMILES string of the molecule is O=C1[N][C]=NO1. The highest BCUT2D eigenvalue weighted by Crippen LogP contribution is 1.82. The average molecular weight is 84.0 g/mol. The lowest BCUT2D eigenvalue weighted by molar-refractivity contribution is 0.166. The molecule has 0 aromatic carbocycles. The van der Waals surface area contributed by atoms with Gasteiger partial charge in [-0.1, -0.05) is 0 Å². The molecule has 1 aliphatic heterocycles. The Hall–Kier alpha value is -1.06. The molecular weight excluding hydrogens is 84.0 g/mol. The van der Waals surface area contributed by atoms with Crippen molar-refractivity contribution >= 4 is 12.4 Å². The first kappa shape index (κ1) is 3.14. The summed E-state index contributed by atoms with van der Waals surface area (Å²) in [5.74, 6) is 0. The highest BCUT2D eigenvalue weighted by Gasteiger charge is 2.06. The topological polar surface area (TPSA) is 52.8 Å². The van der Waals surface area contributed by atoms with Crippen molar-refractivity contribution in [2.75, 3.05) is 0 Å². The van der Waals surface area contributed by atoms with Crippen LogP contribution in [0.4, 0.5) is 4.79 Å². The third kappa shape index (κ3) is 0.314. The minimum absolute atomic E-state index is 0.699. The van der Waals surface area contributed by atoms with Gasteiger partial charge in [0.2, 0.25) is 6.34 Å². The summed E-state index contributed by atoms with van der Waals surface area (Å²) in [4.78, 5) is 13.6. The minimum Gasteiger partial charge on any atom is -0.294 e. The van der Waals surface area contributed by atoms with Gasteiger partial charge >= 0.3 is 6.09 Å². The van der Waals surface area contributed by atoms with Gasteiger partial charge in [-0.05, 0) is 5.16 Å². The molecule has 1 heterocycles. The van der Waals surface area contributed by atoms with Crippen molar-refractivity contribution in [1.29, 1.82) is 0 Å². The second-order valence-electron chi connectivity index (χ2n) is 0.660. The number of nitrogens with zero attached hydrogens (tertiary/aromatic N) is 2. The highest BCUT2D eigenvalue weighted by molar-refractivity contribution is 5.84. The van der Waals surface area contributed by atoms with Crippen molar-refractivity contribution in [2.24, 2.45) is 5.16 Å². The second-order valence-corrected chi connectivity index (χ2v) is 0.660. The Balaban J connectivity index is 2.52. The summed E-state index contributed by atoms with van der Waals surface area (Å²) in [6.07, 6.45) is 1.25. The molecule has 1 rings (SSSR count). The summed E-state index contributed by atoms with van der Waals surface area (Å²) < 4.78 is 0. The molecule has 0 saturated carbocycles. The molecule has 0 unspecified atom stereocenters. The zero-order chi connectivity index (χ0) is 4.41. The molecule has 0 aromatic heterocycles. The lowest BCUT2D eigenvalue weighted by Gasteiger charge is -1.72. The van der Waals surface area contributed by atoms with E-state index in [-0.39, 0.29) is 0 Å². The van der Waals surface area contributed by atoms with Crippen LogP contribution < -0.4 is 5.32 Å². The van der Waals surface area contributed by atoms with Gasteiger partial charge in [0.15, 0.2) is 0 Å². The largest absolute Gasteiger partial charge is 0.462 e. The van der Waals surface area contributed by atoms with Gasteiger partial charge in [0.1, 0.15) is 0 Å². The average Bonchev–Trinajstić information content (AvgIpc) is 1.86. The Morgan fingerprint density at radius 1 is 1.83 bits per heavy atom. The molecule has 4 nitrogen and oxygen atoms in total. The number of carbonyl (C=O) groups is 1. The second kappa shape index (κ2) is 0.965. The first-order valence-electron chi connectivity index (χ1n) is 1.26. The van der Waals surface area contributed by atoms with E-state index < -0.39 is 6.09 Å². The van der Waals surface area contributed by atoms with E-state index in [1.165, 1.54) is 0 Å². The van der Waals surface area contributed by atoms with Crippen LogP contribution in [0.5, 0.6) is 0 Å². The molecular formula is C2N2O2. The van der Waals surface area contributed by atoms with Crippen molar-refractivity contribution in [2.45, 2.75) is 0 Å². The summed E-state index contributed by atoms with van der Waals surface area (Å²) in [5, 5.41) is 5.86. The predicted molar refractivity (Wildman–Crippen MR) is 16.1 cm³/mol. The molecule has 30 valence electrons. The number of hydrogen-bond acceptors (Lipinski definition) is 3. The Morgan fingerprint density at radius 3 is 2.83 bits per heavy atom. The maximum absolute atomic E-state index is 9.70. The smallest absolute Gasteiger partial charge is 0.294 e. The molecule has 0 bridgehead atoms. The van der Waals surface area contributed by atoms with E-state index in [2.05, 4.69) is 15.3 Å². The number of rotatable bonds is 0. The molecule has 0 atom stereocenters. The third-order valence-corrected chi connectivity index (χ3v) is 0.306. The molecule has 4 heteroatoms. The Morgan fingerprint density at radius 2 is 2.67 bits per heavy atom. The summed E-state index contributed by atoms with van der Waals surface area (Å²) in [5.41, 5.74) is 0. The molecule has 0 fully saturated rings. The van der Waals surface area contributed by atoms with Gasteiger partial charge < -0.3 is 0 Å². The Kier molecular flexibility index (Phi) is 0.506. The number of carbonyl (C=O) groups excluding carboxylic acids is 1. The van der Waals surface area contributed by atoms with Gasteiger partial charge in [0.05, 0.1) is 0 Å². The van der Waals surface area contributed by atoms with Crippen LogP contribution >= 0.6 is 0 Å². The molecule has 0 saturated heterocycles. The van der Waals surface area contributed by atoms with Gasteiger partial charge in [-0.25, -0.2) is 4.79 Å². The van der Waals surface area contributed by atoms with Gasteiger partial charge in [0, 0.05) is 0 Å². The highest BCUT2D eigenvalue weighted by atomic mass is 16.7. The van der Waals surface area contributed by atoms with E-state index in [9.17, 15) is 4.79 Å². The van der Waals surface area contributed by atoms with Crippen molar-refractivity contribution in [1.82, 2.24) is 5.32 Å². The van der Waals surface area contributed by atoms with Crippen LogP contribution in [0.1, 0.15) is 0 Å². The van der Waals surface area contributed by atoms with Crippen molar-refractivity contribution < 1.29 is 9.63 Å². The van der Waals surface area contributed by atoms with Gasteiger partial charge in [0.25, 0.3) is 0 Å². The van der Waals surface area contributed by atoms with E-state index in [4.69, 9.17) is 0 Å². The van der Waals surface area contributed by atoms with Gasteiger partial charge in [-0.2, -0.15) is 0 Å². The standard InChI is InChI=1S/C2N2O2/c5-2-3-1-4-6-2. The normalized spacial score (nSPS) is 17.0. The maximum atomic E-state index is 9.70. The summed E-state index contributed by atoms with van der Waals surface area (Å²) >= 11 is 0. The molecule has 1 amide bonds. The molecule has 1 aliphatic rings. The fraction of sp³-hybridized carbons (Fsp3) is 0. The van der Waals surface area contributed by atoms with Crippen molar-refractivity contribution in [3.8, 4) is 0 Å². The van der Waals surface area contributed by atoms with Crippen LogP contribution in [0, 0.1) is 0 Å².